The predicted octanol–water partition coefficient (Wildman–Crippen LogP) is 1.62. The summed E-state index contributed by atoms with van der Waals surface area (Å²) in [5.74, 6) is 0. The molecule has 0 amide bonds. The Morgan fingerprint density at radius 3 is 2.60 bits per heavy atom. The second-order valence-electron chi connectivity index (χ2n) is 6.07. The minimum Gasteiger partial charge on any atom is -0.393 e. The van der Waals surface area contributed by atoms with Crippen molar-refractivity contribution in [3.05, 3.63) is 47.8 Å². The van der Waals surface area contributed by atoms with E-state index in [1.54, 1.807) is 6.07 Å². The second kappa shape index (κ2) is 6.74. The van der Waals surface area contributed by atoms with Crippen molar-refractivity contribution in [3.63, 3.8) is 0 Å². The number of nitrogens with zero attached hydrogens (tertiary/aromatic N) is 3. The number of alkyl halides is 3. The monoisotopic (exact) mass is 357 g/mol. The van der Waals surface area contributed by atoms with Gasteiger partial charge in [-0.05, 0) is 12.0 Å². The van der Waals surface area contributed by atoms with Crippen LogP contribution >= 0.6 is 0 Å². The Bertz CT molecular complexity index is 707. The van der Waals surface area contributed by atoms with Crippen LogP contribution in [0.5, 0.6) is 0 Å². The zero-order chi connectivity index (χ0) is 18.1. The highest BCUT2D eigenvalue weighted by Gasteiger charge is 2.58. The van der Waals surface area contributed by atoms with Gasteiger partial charge >= 0.3 is 6.18 Å². The van der Waals surface area contributed by atoms with Crippen LogP contribution in [0.25, 0.3) is 0 Å². The van der Waals surface area contributed by atoms with Gasteiger partial charge in [-0.3, -0.25) is 0 Å². The first-order valence-corrected chi connectivity index (χ1v) is 7.85. The first kappa shape index (κ1) is 17.8. The molecule has 25 heavy (non-hydrogen) atoms. The quantitative estimate of drug-likeness (QED) is 0.869. The van der Waals surface area contributed by atoms with E-state index >= 15 is 0 Å². The van der Waals surface area contributed by atoms with Crippen LogP contribution in [-0.4, -0.2) is 50.2 Å². The lowest BCUT2D eigenvalue weighted by atomic mass is 9.90. The lowest BCUT2D eigenvalue weighted by Gasteiger charge is -2.29. The molecule has 1 aromatic heterocycles. The van der Waals surface area contributed by atoms with Crippen molar-refractivity contribution in [1.82, 2.24) is 15.0 Å². The average Bonchev–Trinajstić information content (AvgIpc) is 3.02. The summed E-state index contributed by atoms with van der Waals surface area (Å²) in [6.45, 7) is 0.524. The van der Waals surface area contributed by atoms with Crippen LogP contribution in [0.4, 0.5) is 13.2 Å². The van der Waals surface area contributed by atoms with Gasteiger partial charge < -0.3 is 14.9 Å². The smallest absolute Gasteiger partial charge is 0.393 e. The highest BCUT2D eigenvalue weighted by Crippen LogP contribution is 2.43. The number of rotatable bonds is 4. The number of aliphatic hydroxyl groups excluding tert-OH is 1. The van der Waals surface area contributed by atoms with Crippen LogP contribution < -0.4 is 0 Å². The van der Waals surface area contributed by atoms with Crippen LogP contribution in [0.3, 0.4) is 0 Å². The summed E-state index contributed by atoms with van der Waals surface area (Å²) in [7, 11) is 0. The molecule has 0 radical (unpaired) electrons. The minimum absolute atomic E-state index is 0.146. The summed E-state index contributed by atoms with van der Waals surface area (Å²) < 4.78 is 47.5. The maximum absolute atomic E-state index is 13.6. The van der Waals surface area contributed by atoms with Crippen molar-refractivity contribution in [3.8, 4) is 0 Å². The lowest BCUT2D eigenvalue weighted by molar-refractivity contribution is -0.249. The predicted molar refractivity (Wildman–Crippen MR) is 80.5 cm³/mol. The molecule has 0 aliphatic carbocycles. The molecule has 3 unspecified atom stereocenters. The maximum Gasteiger partial charge on any atom is 0.427 e. The Kier molecular flexibility index (Phi) is 4.81. The topological polar surface area (TPSA) is 80.4 Å². The van der Waals surface area contributed by atoms with Crippen molar-refractivity contribution in [2.75, 3.05) is 6.61 Å². The third-order valence-corrected chi connectivity index (χ3v) is 4.24. The number of benzene rings is 1. The summed E-state index contributed by atoms with van der Waals surface area (Å²) in [4.78, 5) is 0. The zero-order valence-electron chi connectivity index (χ0n) is 13.2. The van der Waals surface area contributed by atoms with Gasteiger partial charge in [-0.25, -0.2) is 4.68 Å². The number of aliphatic hydroxyl groups is 2. The van der Waals surface area contributed by atoms with Gasteiger partial charge in [0.05, 0.1) is 24.9 Å². The zero-order valence-corrected chi connectivity index (χ0v) is 13.2. The summed E-state index contributed by atoms with van der Waals surface area (Å²) in [5, 5.41) is 27.3. The molecule has 2 aromatic rings. The summed E-state index contributed by atoms with van der Waals surface area (Å²) >= 11 is 0. The Morgan fingerprint density at radius 1 is 1.24 bits per heavy atom. The largest absolute Gasteiger partial charge is 0.427 e. The van der Waals surface area contributed by atoms with Crippen molar-refractivity contribution >= 4 is 0 Å². The van der Waals surface area contributed by atoms with Gasteiger partial charge in [0.15, 0.2) is 0 Å². The molecule has 1 aliphatic heterocycles. The van der Waals surface area contributed by atoms with E-state index in [0.29, 0.717) is 19.4 Å². The summed E-state index contributed by atoms with van der Waals surface area (Å²) in [6, 6.07) is 6.75. The molecule has 3 rings (SSSR count). The van der Waals surface area contributed by atoms with Crippen molar-refractivity contribution in [2.45, 2.75) is 43.4 Å². The van der Waals surface area contributed by atoms with E-state index in [0.717, 1.165) is 6.20 Å². The lowest BCUT2D eigenvalue weighted by Crippen LogP contribution is -2.43. The summed E-state index contributed by atoms with van der Waals surface area (Å²) in [5.41, 5.74) is -4.19. The van der Waals surface area contributed by atoms with Crippen LogP contribution in [0.2, 0.25) is 0 Å². The van der Waals surface area contributed by atoms with E-state index in [4.69, 9.17) is 4.74 Å². The normalized spacial score (nSPS) is 24.0. The highest BCUT2D eigenvalue weighted by atomic mass is 19.4. The summed E-state index contributed by atoms with van der Waals surface area (Å²) in [6.07, 6.45) is -3.87. The number of hydrogen-bond donors (Lipinski definition) is 2. The van der Waals surface area contributed by atoms with Crippen LogP contribution in [0.15, 0.2) is 36.5 Å². The molecular weight excluding hydrogens is 339 g/mol. The van der Waals surface area contributed by atoms with Gasteiger partial charge in [-0.15, -0.1) is 5.10 Å². The standard InChI is InChI=1S/C16H18F3N3O3/c17-16(18,19)15(24,11-4-2-1-3-5-11)14-10-22(21-20-14)9-13-8-12(23)6-7-25-13/h1-5,10,12-13,23-24H,6-9H2. The fourth-order valence-corrected chi connectivity index (χ4v) is 2.89. The molecule has 136 valence electrons. The Balaban J connectivity index is 1.87. The fraction of sp³-hybridized carbons (Fsp3) is 0.500. The molecule has 0 spiro atoms. The molecule has 1 saturated heterocycles. The molecule has 0 saturated carbocycles. The number of halogens is 3. The van der Waals surface area contributed by atoms with E-state index in [-0.39, 0.29) is 18.2 Å². The van der Waals surface area contributed by atoms with Gasteiger partial charge in [-0.1, -0.05) is 35.5 Å². The van der Waals surface area contributed by atoms with Crippen molar-refractivity contribution in [2.24, 2.45) is 0 Å². The first-order chi connectivity index (χ1) is 11.8. The van der Waals surface area contributed by atoms with E-state index < -0.39 is 23.6 Å². The van der Waals surface area contributed by atoms with Crippen molar-refractivity contribution in [1.29, 1.82) is 0 Å². The molecule has 9 heteroatoms. The van der Waals surface area contributed by atoms with Gasteiger partial charge in [0.2, 0.25) is 5.60 Å². The SMILES string of the molecule is OC1CCOC(Cn2cc(C(O)(c3ccccc3)C(F)(F)F)nn2)C1. The van der Waals surface area contributed by atoms with E-state index in [9.17, 15) is 23.4 Å². The van der Waals surface area contributed by atoms with Gasteiger partial charge in [-0.2, -0.15) is 13.2 Å². The molecular formula is C16H18F3N3O3. The van der Waals surface area contributed by atoms with E-state index in [1.807, 2.05) is 0 Å². The van der Waals surface area contributed by atoms with Gasteiger partial charge in [0.25, 0.3) is 0 Å². The second-order valence-corrected chi connectivity index (χ2v) is 6.07. The third-order valence-electron chi connectivity index (χ3n) is 4.24. The molecule has 1 fully saturated rings. The maximum atomic E-state index is 13.6. The Morgan fingerprint density at radius 2 is 1.96 bits per heavy atom. The Labute approximate surface area is 141 Å². The van der Waals surface area contributed by atoms with Gasteiger partial charge in [0, 0.05) is 13.0 Å². The third kappa shape index (κ3) is 3.53. The fourth-order valence-electron chi connectivity index (χ4n) is 2.89. The van der Waals surface area contributed by atoms with E-state index in [1.165, 1.54) is 28.9 Å². The van der Waals surface area contributed by atoms with Gasteiger partial charge in [0.1, 0.15) is 5.69 Å². The first-order valence-electron chi connectivity index (χ1n) is 7.85. The molecule has 2 N–H and O–H groups in total. The number of ether oxygens (including phenoxy) is 1. The van der Waals surface area contributed by atoms with Crippen LogP contribution in [-0.2, 0) is 16.9 Å². The van der Waals surface area contributed by atoms with E-state index in [2.05, 4.69) is 10.3 Å². The highest BCUT2D eigenvalue weighted by molar-refractivity contribution is 5.33. The Hall–Kier alpha value is -1.97. The molecule has 6 nitrogen and oxygen atoms in total. The molecule has 1 aliphatic rings. The average molecular weight is 357 g/mol. The molecule has 0 bridgehead atoms. The molecule has 3 atom stereocenters. The van der Waals surface area contributed by atoms with Crippen molar-refractivity contribution < 1.29 is 28.1 Å². The molecule has 1 aromatic carbocycles. The minimum atomic E-state index is -4.97. The van der Waals surface area contributed by atoms with Crippen LogP contribution in [0.1, 0.15) is 24.1 Å². The number of aromatic nitrogens is 3. The van der Waals surface area contributed by atoms with Crippen LogP contribution in [0, 0.1) is 0 Å². The molecule has 2 heterocycles. The number of hydrogen-bond acceptors (Lipinski definition) is 5.